The van der Waals surface area contributed by atoms with E-state index in [1.807, 2.05) is 49.4 Å². The third-order valence-corrected chi connectivity index (χ3v) is 7.18. The van der Waals surface area contributed by atoms with Gasteiger partial charge in [-0.25, -0.2) is 0 Å². The largest absolute Gasteiger partial charge is 0.493 e. The van der Waals surface area contributed by atoms with Gasteiger partial charge in [-0.15, -0.1) is 10.2 Å². The summed E-state index contributed by atoms with van der Waals surface area (Å²) in [6.45, 7) is 5.04. The van der Waals surface area contributed by atoms with Crippen molar-refractivity contribution >= 4 is 28.3 Å². The number of methoxy groups -OCH3 is 2. The molecule has 0 aliphatic heterocycles. The Kier molecular flexibility index (Phi) is 11.5. The normalized spacial score (nSPS) is 10.7. The molecule has 0 spiro atoms. The van der Waals surface area contributed by atoms with Gasteiger partial charge in [0, 0.05) is 31.5 Å². The van der Waals surface area contributed by atoms with Gasteiger partial charge in [-0.1, -0.05) is 73.4 Å². The standard InChI is InChI=1S/C29H38N4O4S/c1-5-6-7-8-9-27(35)33(18-16-22-12-15-24(36-3)25(20-22)37-4)19-17-26(34)30-29-32-31-28(38-29)23-13-10-21(2)11-14-23/h10-15,20H,5-9,16-19H2,1-4H3,(H,30,32,34). The Hall–Kier alpha value is -3.46. The lowest BCUT2D eigenvalue weighted by Crippen LogP contribution is -2.35. The quantitative estimate of drug-likeness (QED) is 0.242. The van der Waals surface area contributed by atoms with Crippen molar-refractivity contribution in [1.82, 2.24) is 15.1 Å². The van der Waals surface area contributed by atoms with Crippen molar-refractivity contribution in [2.45, 2.75) is 58.8 Å². The first-order valence-corrected chi connectivity index (χ1v) is 13.9. The van der Waals surface area contributed by atoms with E-state index in [1.54, 1.807) is 19.1 Å². The van der Waals surface area contributed by atoms with Gasteiger partial charge in [-0.05, 0) is 37.5 Å². The zero-order valence-electron chi connectivity index (χ0n) is 22.8. The van der Waals surface area contributed by atoms with Crippen molar-refractivity contribution in [2.75, 3.05) is 32.6 Å². The van der Waals surface area contributed by atoms with E-state index in [9.17, 15) is 9.59 Å². The van der Waals surface area contributed by atoms with Crippen LogP contribution in [-0.2, 0) is 16.0 Å². The van der Waals surface area contributed by atoms with Gasteiger partial charge in [0.25, 0.3) is 0 Å². The monoisotopic (exact) mass is 538 g/mol. The molecule has 0 unspecified atom stereocenters. The Morgan fingerprint density at radius 1 is 0.921 bits per heavy atom. The molecule has 0 fully saturated rings. The summed E-state index contributed by atoms with van der Waals surface area (Å²) in [5.74, 6) is 1.21. The van der Waals surface area contributed by atoms with E-state index in [0.717, 1.165) is 41.8 Å². The van der Waals surface area contributed by atoms with Crippen LogP contribution in [0, 0.1) is 6.92 Å². The van der Waals surface area contributed by atoms with Gasteiger partial charge in [0.15, 0.2) is 11.5 Å². The molecule has 9 heteroatoms. The summed E-state index contributed by atoms with van der Waals surface area (Å²) in [6.07, 6.45) is 5.46. The molecule has 2 aromatic carbocycles. The first kappa shape index (κ1) is 29.1. The Bertz CT molecular complexity index is 1180. The molecular weight excluding hydrogens is 500 g/mol. The average molecular weight is 539 g/mol. The number of unbranched alkanes of at least 4 members (excludes halogenated alkanes) is 3. The summed E-state index contributed by atoms with van der Waals surface area (Å²) < 4.78 is 10.7. The molecule has 1 aromatic heterocycles. The topological polar surface area (TPSA) is 93.7 Å². The second kappa shape index (κ2) is 15.1. The van der Waals surface area contributed by atoms with Crippen LogP contribution in [0.25, 0.3) is 10.6 Å². The number of amides is 2. The highest BCUT2D eigenvalue weighted by Crippen LogP contribution is 2.28. The highest BCUT2D eigenvalue weighted by atomic mass is 32.1. The molecule has 2 amide bonds. The fourth-order valence-electron chi connectivity index (χ4n) is 4.03. The average Bonchev–Trinajstić information content (AvgIpc) is 3.39. The van der Waals surface area contributed by atoms with Gasteiger partial charge in [-0.2, -0.15) is 0 Å². The number of hydrogen-bond donors (Lipinski definition) is 1. The highest BCUT2D eigenvalue weighted by Gasteiger charge is 2.17. The summed E-state index contributed by atoms with van der Waals surface area (Å²) in [6, 6.07) is 13.8. The maximum absolute atomic E-state index is 13.0. The van der Waals surface area contributed by atoms with Crippen molar-refractivity contribution < 1.29 is 19.1 Å². The van der Waals surface area contributed by atoms with Crippen LogP contribution in [0.4, 0.5) is 5.13 Å². The minimum atomic E-state index is -0.188. The molecule has 1 N–H and O–H groups in total. The van der Waals surface area contributed by atoms with Crippen LogP contribution in [0.1, 0.15) is 56.6 Å². The van der Waals surface area contributed by atoms with Gasteiger partial charge >= 0.3 is 0 Å². The highest BCUT2D eigenvalue weighted by molar-refractivity contribution is 7.18. The molecule has 0 aliphatic carbocycles. The molecule has 8 nitrogen and oxygen atoms in total. The lowest BCUT2D eigenvalue weighted by molar-refractivity contribution is -0.131. The summed E-state index contributed by atoms with van der Waals surface area (Å²) in [7, 11) is 3.21. The molecule has 1 heterocycles. The first-order valence-electron chi connectivity index (χ1n) is 13.1. The third-order valence-electron chi connectivity index (χ3n) is 6.29. The minimum Gasteiger partial charge on any atom is -0.493 e. The molecule has 0 saturated heterocycles. The number of aryl methyl sites for hydroxylation is 1. The molecule has 0 saturated carbocycles. The minimum absolute atomic E-state index is 0.0759. The van der Waals surface area contributed by atoms with Crippen molar-refractivity contribution in [3.63, 3.8) is 0 Å². The number of carbonyl (C=O) groups is 2. The molecule has 0 atom stereocenters. The summed E-state index contributed by atoms with van der Waals surface area (Å²) in [5, 5.41) is 12.4. The first-order chi connectivity index (χ1) is 18.4. The number of rotatable bonds is 15. The predicted molar refractivity (Wildman–Crippen MR) is 152 cm³/mol. The smallest absolute Gasteiger partial charge is 0.227 e. The fourth-order valence-corrected chi connectivity index (χ4v) is 4.79. The van der Waals surface area contributed by atoms with E-state index in [4.69, 9.17) is 9.47 Å². The van der Waals surface area contributed by atoms with Crippen LogP contribution in [-0.4, -0.2) is 54.2 Å². The Morgan fingerprint density at radius 2 is 1.68 bits per heavy atom. The molecule has 204 valence electrons. The van der Waals surface area contributed by atoms with Gasteiger partial charge in [0.05, 0.1) is 14.2 Å². The van der Waals surface area contributed by atoms with Crippen molar-refractivity contribution in [1.29, 1.82) is 0 Å². The fraction of sp³-hybridized carbons (Fsp3) is 0.448. The summed E-state index contributed by atoms with van der Waals surface area (Å²) >= 11 is 1.33. The Balaban J connectivity index is 1.58. The van der Waals surface area contributed by atoms with E-state index in [1.165, 1.54) is 16.9 Å². The zero-order chi connectivity index (χ0) is 27.3. The number of aromatic nitrogens is 2. The second-order valence-electron chi connectivity index (χ2n) is 9.21. The summed E-state index contributed by atoms with van der Waals surface area (Å²) in [5.41, 5.74) is 3.17. The van der Waals surface area contributed by atoms with Gasteiger partial charge in [0.1, 0.15) is 5.01 Å². The van der Waals surface area contributed by atoms with Crippen LogP contribution in [0.2, 0.25) is 0 Å². The molecule has 3 aromatic rings. The number of carbonyl (C=O) groups excluding carboxylic acids is 2. The number of nitrogens with one attached hydrogen (secondary N) is 1. The van der Waals surface area contributed by atoms with Crippen LogP contribution < -0.4 is 14.8 Å². The van der Waals surface area contributed by atoms with E-state index in [0.29, 0.717) is 42.6 Å². The molecule has 3 rings (SSSR count). The number of anilines is 1. The lowest BCUT2D eigenvalue weighted by Gasteiger charge is -2.23. The van der Waals surface area contributed by atoms with Gasteiger partial charge in [-0.3, -0.25) is 9.59 Å². The SMILES string of the molecule is CCCCCCC(=O)N(CCC(=O)Nc1nnc(-c2ccc(C)cc2)s1)CCc1ccc(OC)c(OC)c1. The molecular formula is C29H38N4O4S. The van der Waals surface area contributed by atoms with Crippen LogP contribution in [0.3, 0.4) is 0 Å². The number of hydrogen-bond acceptors (Lipinski definition) is 7. The molecule has 0 bridgehead atoms. The second-order valence-corrected chi connectivity index (χ2v) is 10.2. The van der Waals surface area contributed by atoms with E-state index in [-0.39, 0.29) is 18.2 Å². The van der Waals surface area contributed by atoms with Crippen LogP contribution >= 0.6 is 11.3 Å². The van der Waals surface area contributed by atoms with Crippen molar-refractivity contribution in [3.05, 3.63) is 53.6 Å². The van der Waals surface area contributed by atoms with Gasteiger partial charge < -0.3 is 19.7 Å². The van der Waals surface area contributed by atoms with E-state index < -0.39 is 0 Å². The molecule has 38 heavy (non-hydrogen) atoms. The Morgan fingerprint density at radius 3 is 2.39 bits per heavy atom. The third kappa shape index (κ3) is 8.83. The molecule has 0 radical (unpaired) electrons. The summed E-state index contributed by atoms with van der Waals surface area (Å²) in [4.78, 5) is 27.5. The predicted octanol–water partition coefficient (Wildman–Crippen LogP) is 5.90. The number of nitrogens with zero attached hydrogens (tertiary/aromatic N) is 3. The lowest BCUT2D eigenvalue weighted by atomic mass is 10.1. The Labute approximate surface area is 229 Å². The maximum Gasteiger partial charge on any atom is 0.227 e. The van der Waals surface area contributed by atoms with Crippen molar-refractivity contribution in [3.8, 4) is 22.1 Å². The van der Waals surface area contributed by atoms with E-state index in [2.05, 4.69) is 22.4 Å². The molecule has 0 aliphatic rings. The maximum atomic E-state index is 13.0. The number of ether oxygens (including phenoxy) is 2. The van der Waals surface area contributed by atoms with Crippen molar-refractivity contribution in [2.24, 2.45) is 0 Å². The van der Waals surface area contributed by atoms with Crippen LogP contribution in [0.15, 0.2) is 42.5 Å². The zero-order valence-corrected chi connectivity index (χ0v) is 23.6. The van der Waals surface area contributed by atoms with Gasteiger partial charge in [0.2, 0.25) is 16.9 Å². The number of benzene rings is 2. The van der Waals surface area contributed by atoms with Crippen LogP contribution in [0.5, 0.6) is 11.5 Å². The van der Waals surface area contributed by atoms with E-state index >= 15 is 0 Å².